The number of carbonyl (C=O) groups is 7. The Morgan fingerprint density at radius 2 is 1.41 bits per heavy atom. The van der Waals surface area contributed by atoms with Crippen LogP contribution in [-0.2, 0) is 40.0 Å². The van der Waals surface area contributed by atoms with E-state index >= 15 is 0 Å². The zero-order valence-electron chi connectivity index (χ0n) is 26.7. The van der Waals surface area contributed by atoms with Crippen molar-refractivity contribution in [3.05, 3.63) is 18.2 Å². The molecule has 258 valence electrons. The number of aliphatic hydroxyl groups excluding tert-OH is 1. The standard InChI is InChI=1S/C28H47N9O9/c1-6-14(4)22(36-24(41)17(7-13(2)3)33-21(40)10-29)26(43)34-18(8-16-11-31-12-32-16)25(42)37-23(15(5)38)27(44)35-19(28(45)46)9-20(30)39/h11-15,17-19,22-23,38H,6-10,29H2,1-5H3,(H2,30,39)(H,31,32)(H,33,40)(H,34,43)(H,35,44)(H,36,41)(H,37,42)(H,45,46)/t14-,15+,17-,18-,19-,22-,23-/m0/s1. The average molecular weight is 654 g/mol. The summed E-state index contributed by atoms with van der Waals surface area (Å²) < 4.78 is 0. The Labute approximate surface area is 266 Å². The van der Waals surface area contributed by atoms with Gasteiger partial charge in [-0.05, 0) is 25.2 Å². The van der Waals surface area contributed by atoms with Crippen molar-refractivity contribution in [3.8, 4) is 0 Å². The third-order valence-corrected chi connectivity index (χ3v) is 7.03. The molecule has 0 radical (unpaired) electrons. The lowest BCUT2D eigenvalue weighted by Gasteiger charge is -2.29. The second-order valence-corrected chi connectivity index (χ2v) is 11.5. The van der Waals surface area contributed by atoms with Gasteiger partial charge in [0.05, 0.1) is 25.4 Å². The summed E-state index contributed by atoms with van der Waals surface area (Å²) in [5.74, 6) is -6.98. The maximum absolute atomic E-state index is 13.6. The van der Waals surface area contributed by atoms with Crippen LogP contribution >= 0.6 is 0 Å². The van der Waals surface area contributed by atoms with E-state index in [1.165, 1.54) is 19.4 Å². The van der Waals surface area contributed by atoms with Gasteiger partial charge in [-0.25, -0.2) is 9.78 Å². The molecule has 7 atom stereocenters. The second-order valence-electron chi connectivity index (χ2n) is 11.5. The van der Waals surface area contributed by atoms with E-state index < -0.39 is 90.1 Å². The summed E-state index contributed by atoms with van der Waals surface area (Å²) in [4.78, 5) is 94.7. The van der Waals surface area contributed by atoms with E-state index in [1.54, 1.807) is 13.8 Å². The fourth-order valence-electron chi connectivity index (χ4n) is 4.32. The molecule has 0 saturated heterocycles. The molecule has 0 aromatic carbocycles. The number of H-pyrrole nitrogens is 1. The van der Waals surface area contributed by atoms with Crippen LogP contribution in [-0.4, -0.2) is 104 Å². The summed E-state index contributed by atoms with van der Waals surface area (Å²) in [6.45, 7) is 8.04. The molecule has 0 fully saturated rings. The molecule has 0 aliphatic carbocycles. The lowest BCUT2D eigenvalue weighted by atomic mass is 9.96. The molecule has 0 unspecified atom stereocenters. The third-order valence-electron chi connectivity index (χ3n) is 7.03. The first-order valence-electron chi connectivity index (χ1n) is 14.9. The maximum atomic E-state index is 13.6. The molecule has 1 rings (SSSR count). The van der Waals surface area contributed by atoms with Crippen LogP contribution in [0, 0.1) is 11.8 Å². The van der Waals surface area contributed by atoms with Crippen molar-refractivity contribution in [3.63, 3.8) is 0 Å². The van der Waals surface area contributed by atoms with Crippen molar-refractivity contribution < 1.29 is 43.8 Å². The summed E-state index contributed by atoms with van der Waals surface area (Å²) >= 11 is 0. The van der Waals surface area contributed by atoms with Gasteiger partial charge in [0.2, 0.25) is 35.4 Å². The number of amides is 6. The molecular weight excluding hydrogens is 606 g/mol. The van der Waals surface area contributed by atoms with Crippen LogP contribution in [0.15, 0.2) is 12.5 Å². The van der Waals surface area contributed by atoms with Gasteiger partial charge in [-0.1, -0.05) is 34.1 Å². The quantitative estimate of drug-likeness (QED) is 0.0667. The Morgan fingerprint density at radius 1 is 0.848 bits per heavy atom. The van der Waals surface area contributed by atoms with Crippen LogP contribution in [0.1, 0.15) is 59.6 Å². The van der Waals surface area contributed by atoms with Gasteiger partial charge < -0.3 is 53.2 Å². The zero-order valence-corrected chi connectivity index (χ0v) is 26.7. The molecule has 1 aromatic rings. The van der Waals surface area contributed by atoms with E-state index in [0.29, 0.717) is 12.1 Å². The number of aromatic amines is 1. The number of nitrogens with one attached hydrogen (secondary N) is 6. The number of hydrogen-bond donors (Lipinski definition) is 10. The first kappa shape index (κ1) is 39.4. The summed E-state index contributed by atoms with van der Waals surface area (Å²) in [7, 11) is 0. The van der Waals surface area contributed by atoms with E-state index in [4.69, 9.17) is 11.5 Å². The van der Waals surface area contributed by atoms with Crippen molar-refractivity contribution in [2.75, 3.05) is 6.54 Å². The first-order chi connectivity index (χ1) is 21.5. The molecule has 12 N–H and O–H groups in total. The molecular formula is C28H47N9O9. The van der Waals surface area contributed by atoms with Crippen molar-refractivity contribution in [2.24, 2.45) is 23.3 Å². The van der Waals surface area contributed by atoms with Crippen molar-refractivity contribution in [1.29, 1.82) is 0 Å². The molecule has 0 aliphatic heterocycles. The highest BCUT2D eigenvalue weighted by Gasteiger charge is 2.35. The van der Waals surface area contributed by atoms with E-state index in [9.17, 15) is 43.8 Å². The van der Waals surface area contributed by atoms with Crippen molar-refractivity contribution in [2.45, 2.75) is 96.6 Å². The number of rotatable bonds is 20. The van der Waals surface area contributed by atoms with Gasteiger partial charge in [0.1, 0.15) is 30.2 Å². The number of aromatic nitrogens is 2. The minimum atomic E-state index is -1.72. The molecule has 46 heavy (non-hydrogen) atoms. The maximum Gasteiger partial charge on any atom is 0.326 e. The Morgan fingerprint density at radius 3 is 1.89 bits per heavy atom. The summed E-state index contributed by atoms with van der Waals surface area (Å²) in [6, 6.07) is -6.93. The lowest BCUT2D eigenvalue weighted by Crippen LogP contribution is -2.62. The average Bonchev–Trinajstić information content (AvgIpc) is 3.49. The minimum Gasteiger partial charge on any atom is -0.480 e. The van der Waals surface area contributed by atoms with E-state index in [0.717, 1.165) is 0 Å². The highest BCUT2D eigenvalue weighted by Crippen LogP contribution is 2.12. The molecule has 1 aromatic heterocycles. The van der Waals surface area contributed by atoms with Crippen LogP contribution in [0.4, 0.5) is 0 Å². The van der Waals surface area contributed by atoms with Crippen LogP contribution in [0.5, 0.6) is 0 Å². The number of aliphatic hydroxyl groups is 1. The normalized spacial score (nSPS) is 15.7. The molecule has 0 bridgehead atoms. The monoisotopic (exact) mass is 653 g/mol. The Kier molecular flexibility index (Phi) is 16.3. The number of nitrogens with two attached hydrogens (primary N) is 2. The smallest absolute Gasteiger partial charge is 0.326 e. The fourth-order valence-corrected chi connectivity index (χ4v) is 4.32. The zero-order chi connectivity index (χ0) is 35.1. The van der Waals surface area contributed by atoms with Gasteiger partial charge in [-0.15, -0.1) is 0 Å². The molecule has 18 heteroatoms. The molecule has 0 aliphatic rings. The molecule has 6 amide bonds. The van der Waals surface area contributed by atoms with Crippen molar-refractivity contribution >= 4 is 41.4 Å². The predicted molar refractivity (Wildman–Crippen MR) is 163 cm³/mol. The van der Waals surface area contributed by atoms with E-state index in [2.05, 4.69) is 36.6 Å². The van der Waals surface area contributed by atoms with Crippen LogP contribution < -0.4 is 38.1 Å². The van der Waals surface area contributed by atoms with Gasteiger partial charge in [-0.2, -0.15) is 0 Å². The largest absolute Gasteiger partial charge is 0.480 e. The van der Waals surface area contributed by atoms with Crippen LogP contribution in [0.25, 0.3) is 0 Å². The molecule has 0 spiro atoms. The number of nitrogens with zero attached hydrogens (tertiary/aromatic N) is 1. The Balaban J connectivity index is 3.28. The summed E-state index contributed by atoms with van der Waals surface area (Å²) in [5, 5.41) is 31.8. The number of carboxylic acid groups (broad SMARTS) is 1. The molecule has 0 saturated carbocycles. The van der Waals surface area contributed by atoms with Crippen LogP contribution in [0.3, 0.4) is 0 Å². The third kappa shape index (κ3) is 13.2. The number of carbonyl (C=O) groups excluding carboxylic acids is 6. The van der Waals surface area contributed by atoms with Gasteiger partial charge >= 0.3 is 5.97 Å². The fraction of sp³-hybridized carbons (Fsp3) is 0.643. The minimum absolute atomic E-state index is 0.00724. The number of imidazole rings is 1. The highest BCUT2D eigenvalue weighted by molar-refractivity contribution is 5.96. The van der Waals surface area contributed by atoms with Gasteiger partial charge in [0.15, 0.2) is 0 Å². The van der Waals surface area contributed by atoms with Gasteiger partial charge in [-0.3, -0.25) is 28.8 Å². The highest BCUT2D eigenvalue weighted by atomic mass is 16.4. The number of hydrogen-bond acceptors (Lipinski definition) is 10. The van der Waals surface area contributed by atoms with Gasteiger partial charge in [0.25, 0.3) is 0 Å². The Hall–Kier alpha value is -4.58. The van der Waals surface area contributed by atoms with E-state index in [1.807, 2.05) is 13.8 Å². The number of carboxylic acids is 1. The summed E-state index contributed by atoms with van der Waals surface area (Å²) in [6.07, 6.45) is 1.02. The van der Waals surface area contributed by atoms with Crippen molar-refractivity contribution in [1.82, 2.24) is 36.6 Å². The second kappa shape index (κ2) is 19.1. The van der Waals surface area contributed by atoms with Gasteiger partial charge in [0, 0.05) is 18.3 Å². The SMILES string of the molecule is CC[C@H](C)[C@H](NC(=O)[C@H](CC(C)C)NC(=O)CN)C(=O)N[C@@H](Cc1cnc[nH]1)C(=O)N[C@H](C(=O)N[C@@H](CC(N)=O)C(=O)O)[C@@H](C)O. The predicted octanol–water partition coefficient (Wildman–Crippen LogP) is -3.23. The molecule has 1 heterocycles. The lowest BCUT2D eigenvalue weighted by molar-refractivity contribution is -0.144. The number of primary amides is 1. The number of aliphatic carboxylic acids is 1. The van der Waals surface area contributed by atoms with E-state index in [-0.39, 0.29) is 25.3 Å². The molecule has 18 nitrogen and oxygen atoms in total. The van der Waals surface area contributed by atoms with Crippen LogP contribution in [0.2, 0.25) is 0 Å². The Bertz CT molecular complexity index is 1210. The summed E-state index contributed by atoms with van der Waals surface area (Å²) in [5.41, 5.74) is 10.9. The topological polar surface area (TPSA) is 301 Å². The first-order valence-corrected chi connectivity index (χ1v) is 14.9.